The fourth-order valence-electron chi connectivity index (χ4n) is 4.98. The number of hydrogen-bond acceptors (Lipinski definition) is 5. The van der Waals surface area contributed by atoms with Gasteiger partial charge in [-0.25, -0.2) is 8.42 Å². The third-order valence-electron chi connectivity index (χ3n) is 6.74. The Bertz CT molecular complexity index is 1430. The summed E-state index contributed by atoms with van der Waals surface area (Å²) in [5, 5.41) is 4.51. The van der Waals surface area contributed by atoms with Gasteiger partial charge in [-0.15, -0.1) is 0 Å². The van der Waals surface area contributed by atoms with Gasteiger partial charge in [-0.3, -0.25) is 13.9 Å². The number of methoxy groups -OCH3 is 1. The van der Waals surface area contributed by atoms with Crippen molar-refractivity contribution in [2.45, 2.75) is 63.6 Å². The molecule has 1 N–H and O–H groups in total. The Labute approximate surface area is 224 Å². The van der Waals surface area contributed by atoms with E-state index in [2.05, 4.69) is 5.32 Å². The monoisotopic (exact) mass is 537 g/mol. The molecule has 3 aromatic carbocycles. The molecule has 0 aliphatic carbocycles. The molecule has 0 saturated heterocycles. The van der Waals surface area contributed by atoms with Crippen molar-refractivity contribution in [3.05, 3.63) is 66.2 Å². The van der Waals surface area contributed by atoms with Crippen molar-refractivity contribution in [2.24, 2.45) is 0 Å². The first-order valence-electron chi connectivity index (χ1n) is 12.9. The van der Waals surface area contributed by atoms with Gasteiger partial charge in [-0.2, -0.15) is 0 Å². The number of carbonyl (C=O) groups is 2. The SMILES string of the molecule is CC[C@@H](C(=O)NC(C)C)N(Cc1cccc(OC)c1)C(=O)CCCN1c2cccc3cccc(c23)S1(=O)=O. The molecule has 0 aromatic heterocycles. The van der Waals surface area contributed by atoms with Crippen LogP contribution in [-0.2, 0) is 26.2 Å². The van der Waals surface area contributed by atoms with Crippen molar-refractivity contribution in [1.82, 2.24) is 10.2 Å². The van der Waals surface area contributed by atoms with E-state index in [-0.39, 0.29) is 37.4 Å². The molecule has 1 aliphatic heterocycles. The van der Waals surface area contributed by atoms with Crippen molar-refractivity contribution in [1.29, 1.82) is 0 Å². The van der Waals surface area contributed by atoms with E-state index >= 15 is 0 Å². The van der Waals surface area contributed by atoms with E-state index in [1.54, 1.807) is 30.2 Å². The van der Waals surface area contributed by atoms with Crippen molar-refractivity contribution in [3.8, 4) is 5.75 Å². The van der Waals surface area contributed by atoms with Crippen LogP contribution in [-0.4, -0.2) is 50.9 Å². The zero-order chi connectivity index (χ0) is 27.4. The highest BCUT2D eigenvalue weighted by atomic mass is 32.2. The number of ether oxygens (including phenoxy) is 1. The minimum Gasteiger partial charge on any atom is -0.497 e. The Morgan fingerprint density at radius 2 is 1.76 bits per heavy atom. The van der Waals surface area contributed by atoms with Crippen LogP contribution in [0.5, 0.6) is 5.75 Å². The van der Waals surface area contributed by atoms with E-state index in [9.17, 15) is 18.0 Å². The van der Waals surface area contributed by atoms with E-state index in [1.165, 1.54) is 4.31 Å². The second-order valence-corrected chi connectivity index (χ2v) is 11.6. The molecule has 38 heavy (non-hydrogen) atoms. The van der Waals surface area contributed by atoms with Crippen LogP contribution in [0.4, 0.5) is 5.69 Å². The van der Waals surface area contributed by atoms with Crippen LogP contribution in [0, 0.1) is 0 Å². The molecule has 0 fully saturated rings. The van der Waals surface area contributed by atoms with Crippen LogP contribution < -0.4 is 14.4 Å². The van der Waals surface area contributed by atoms with E-state index in [0.717, 1.165) is 16.3 Å². The lowest BCUT2D eigenvalue weighted by Gasteiger charge is -2.31. The quantitative estimate of drug-likeness (QED) is 0.389. The number of amides is 2. The highest BCUT2D eigenvalue weighted by Crippen LogP contribution is 2.42. The van der Waals surface area contributed by atoms with Gasteiger partial charge >= 0.3 is 0 Å². The number of rotatable bonds is 11. The van der Waals surface area contributed by atoms with Gasteiger partial charge in [0.25, 0.3) is 10.0 Å². The first-order chi connectivity index (χ1) is 18.2. The summed E-state index contributed by atoms with van der Waals surface area (Å²) in [5.41, 5.74) is 1.49. The van der Waals surface area contributed by atoms with Crippen molar-refractivity contribution in [2.75, 3.05) is 18.0 Å². The van der Waals surface area contributed by atoms with Gasteiger partial charge in [-0.1, -0.05) is 43.3 Å². The van der Waals surface area contributed by atoms with E-state index in [0.29, 0.717) is 29.2 Å². The Morgan fingerprint density at radius 3 is 2.45 bits per heavy atom. The van der Waals surface area contributed by atoms with Gasteiger partial charge in [0.15, 0.2) is 0 Å². The van der Waals surface area contributed by atoms with Crippen LogP contribution in [0.3, 0.4) is 0 Å². The first-order valence-corrected chi connectivity index (χ1v) is 14.4. The zero-order valence-corrected chi connectivity index (χ0v) is 23.1. The maximum absolute atomic E-state index is 13.6. The van der Waals surface area contributed by atoms with Crippen LogP contribution >= 0.6 is 0 Å². The summed E-state index contributed by atoms with van der Waals surface area (Å²) >= 11 is 0. The van der Waals surface area contributed by atoms with Gasteiger partial charge in [0.05, 0.1) is 17.7 Å². The molecule has 9 heteroatoms. The Kier molecular flexibility index (Phi) is 8.26. The predicted molar refractivity (Wildman–Crippen MR) is 149 cm³/mol. The molecule has 1 heterocycles. The number of sulfonamides is 1. The summed E-state index contributed by atoms with van der Waals surface area (Å²) in [6, 6.07) is 17.5. The number of carbonyl (C=O) groups excluding carboxylic acids is 2. The van der Waals surface area contributed by atoms with Crippen molar-refractivity contribution >= 4 is 38.3 Å². The van der Waals surface area contributed by atoms with Crippen molar-refractivity contribution in [3.63, 3.8) is 0 Å². The maximum atomic E-state index is 13.6. The molecule has 3 aromatic rings. The minimum atomic E-state index is -3.69. The first kappa shape index (κ1) is 27.4. The lowest BCUT2D eigenvalue weighted by atomic mass is 10.1. The molecule has 0 bridgehead atoms. The van der Waals surface area contributed by atoms with E-state index in [4.69, 9.17) is 4.74 Å². The van der Waals surface area contributed by atoms with Crippen LogP contribution in [0.25, 0.3) is 10.8 Å². The number of nitrogens with one attached hydrogen (secondary N) is 1. The number of anilines is 1. The fourth-order valence-corrected chi connectivity index (χ4v) is 6.73. The van der Waals surface area contributed by atoms with Crippen LogP contribution in [0.15, 0.2) is 65.6 Å². The summed E-state index contributed by atoms with van der Waals surface area (Å²) in [7, 11) is -2.11. The summed E-state index contributed by atoms with van der Waals surface area (Å²) < 4.78 is 33.3. The molecule has 8 nitrogen and oxygen atoms in total. The summed E-state index contributed by atoms with van der Waals surface area (Å²) in [6.07, 6.45) is 0.874. The topological polar surface area (TPSA) is 96.0 Å². The number of hydrogen-bond donors (Lipinski definition) is 1. The number of nitrogens with zero attached hydrogens (tertiary/aromatic N) is 2. The van der Waals surface area contributed by atoms with Gasteiger partial charge in [0.1, 0.15) is 11.8 Å². The molecule has 1 aliphatic rings. The third kappa shape index (κ3) is 5.48. The lowest BCUT2D eigenvalue weighted by Crippen LogP contribution is -2.50. The molecule has 1 atom stereocenters. The van der Waals surface area contributed by atoms with Gasteiger partial charge < -0.3 is 15.0 Å². The second-order valence-electron chi connectivity index (χ2n) is 9.77. The highest BCUT2D eigenvalue weighted by molar-refractivity contribution is 7.93. The van der Waals surface area contributed by atoms with Crippen LogP contribution in [0.2, 0.25) is 0 Å². The van der Waals surface area contributed by atoms with Crippen LogP contribution in [0.1, 0.15) is 45.6 Å². The second kappa shape index (κ2) is 11.4. The Balaban J connectivity index is 1.53. The van der Waals surface area contributed by atoms with E-state index < -0.39 is 16.1 Å². The molecule has 202 valence electrons. The predicted octanol–water partition coefficient (Wildman–Crippen LogP) is 4.47. The van der Waals surface area contributed by atoms with E-state index in [1.807, 2.05) is 63.2 Å². The van der Waals surface area contributed by atoms with Crippen molar-refractivity contribution < 1.29 is 22.7 Å². The largest absolute Gasteiger partial charge is 0.497 e. The summed E-state index contributed by atoms with van der Waals surface area (Å²) in [6.45, 7) is 6.06. The average molecular weight is 538 g/mol. The molecule has 0 unspecified atom stereocenters. The highest BCUT2D eigenvalue weighted by Gasteiger charge is 2.35. The Hall–Kier alpha value is -3.59. The van der Waals surface area contributed by atoms with Gasteiger partial charge in [0.2, 0.25) is 11.8 Å². The molecule has 4 rings (SSSR count). The van der Waals surface area contributed by atoms with Gasteiger partial charge in [0, 0.05) is 30.9 Å². The zero-order valence-electron chi connectivity index (χ0n) is 22.3. The molecular formula is C29H35N3O5S. The molecule has 2 amide bonds. The Morgan fingerprint density at radius 1 is 1.05 bits per heavy atom. The third-order valence-corrected chi connectivity index (χ3v) is 8.59. The number of benzene rings is 3. The lowest BCUT2D eigenvalue weighted by molar-refractivity contribution is -0.141. The standard InChI is InChI=1S/C29H35N3O5S/c1-5-24(29(34)30-20(2)3)31(19-21-10-6-13-23(18-21)37-4)27(33)16-9-17-32-25-14-7-11-22-12-8-15-26(28(22)25)38(32,35)36/h6-8,10-15,18,20,24H,5,9,16-17,19H2,1-4H3,(H,30,34)/t24-/m0/s1. The summed E-state index contributed by atoms with van der Waals surface area (Å²) in [4.78, 5) is 28.5. The molecule has 0 saturated carbocycles. The fraction of sp³-hybridized carbons (Fsp3) is 0.379. The maximum Gasteiger partial charge on any atom is 0.265 e. The summed E-state index contributed by atoms with van der Waals surface area (Å²) in [5.74, 6) is 0.261. The molecular weight excluding hydrogens is 502 g/mol. The molecule has 0 spiro atoms. The normalized spacial score (nSPS) is 14.5. The smallest absolute Gasteiger partial charge is 0.265 e. The minimum absolute atomic E-state index is 0.0602. The molecule has 0 radical (unpaired) electrons. The van der Waals surface area contributed by atoms with Gasteiger partial charge in [-0.05, 0) is 61.9 Å². The average Bonchev–Trinajstić information content (AvgIpc) is 3.11.